The summed E-state index contributed by atoms with van der Waals surface area (Å²) in [6.07, 6.45) is 6.19. The summed E-state index contributed by atoms with van der Waals surface area (Å²) in [4.78, 5) is 9.00. The zero-order chi connectivity index (χ0) is 20.2. The third kappa shape index (κ3) is 2.97. The molecule has 29 heavy (non-hydrogen) atoms. The van der Waals surface area contributed by atoms with Crippen molar-refractivity contribution < 1.29 is 14.6 Å². The van der Waals surface area contributed by atoms with Crippen molar-refractivity contribution in [3.63, 3.8) is 0 Å². The molecule has 2 aliphatic heterocycles. The Hall–Kier alpha value is -2.31. The topological polar surface area (TPSA) is 90.0 Å². The molecule has 7 heteroatoms. The molecule has 1 unspecified atom stereocenters. The maximum absolute atomic E-state index is 11.0. The molecule has 0 bridgehead atoms. The third-order valence-corrected chi connectivity index (χ3v) is 6.93. The third-order valence-electron chi connectivity index (χ3n) is 6.73. The highest BCUT2D eigenvalue weighted by Crippen LogP contribution is 2.54. The van der Waals surface area contributed by atoms with E-state index < -0.39 is 11.1 Å². The number of hydrogen-bond donors (Lipinski definition) is 2. The summed E-state index contributed by atoms with van der Waals surface area (Å²) in [7, 11) is 0. The van der Waals surface area contributed by atoms with Gasteiger partial charge >= 0.3 is 0 Å². The first kappa shape index (κ1) is 18.7. The normalized spacial score (nSPS) is 32.7. The number of rotatable bonds is 2. The molecule has 2 aromatic rings. The Morgan fingerprint density at radius 3 is 2.86 bits per heavy atom. The minimum absolute atomic E-state index is 0.0116. The first-order chi connectivity index (χ1) is 13.9. The van der Waals surface area contributed by atoms with E-state index in [0.717, 1.165) is 35.3 Å². The molecule has 0 amide bonds. The predicted octanol–water partition coefficient (Wildman–Crippen LogP) is 3.64. The van der Waals surface area contributed by atoms with Crippen LogP contribution in [0.4, 0.5) is 0 Å². The van der Waals surface area contributed by atoms with E-state index >= 15 is 0 Å². The highest BCUT2D eigenvalue weighted by Gasteiger charge is 2.57. The number of nitrogens with zero attached hydrogens (tertiary/aromatic N) is 2. The molecule has 0 radical (unpaired) electrons. The summed E-state index contributed by atoms with van der Waals surface area (Å²) < 4.78 is 12.1. The Morgan fingerprint density at radius 1 is 1.28 bits per heavy atom. The summed E-state index contributed by atoms with van der Waals surface area (Å²) in [6, 6.07) is 8.14. The van der Waals surface area contributed by atoms with Crippen LogP contribution in [0.25, 0.3) is 11.1 Å². The van der Waals surface area contributed by atoms with Crippen LogP contribution in [0.15, 0.2) is 41.7 Å². The van der Waals surface area contributed by atoms with Gasteiger partial charge in [0, 0.05) is 29.4 Å². The van der Waals surface area contributed by atoms with E-state index in [-0.39, 0.29) is 18.0 Å². The van der Waals surface area contributed by atoms with Crippen LogP contribution >= 0.6 is 11.6 Å². The number of pyridine rings is 1. The number of hydrogen-bond acceptors (Lipinski definition) is 6. The molecule has 1 spiro atoms. The molecule has 1 aliphatic carbocycles. The van der Waals surface area contributed by atoms with E-state index in [4.69, 9.17) is 31.8 Å². The van der Waals surface area contributed by atoms with Crippen molar-refractivity contribution in [2.24, 2.45) is 16.6 Å². The summed E-state index contributed by atoms with van der Waals surface area (Å²) in [5, 5.41) is 11.6. The quantitative estimate of drug-likeness (QED) is 0.784. The number of ether oxygens (including phenoxy) is 2. The first-order valence-corrected chi connectivity index (χ1v) is 10.4. The molecule has 4 atom stereocenters. The van der Waals surface area contributed by atoms with Gasteiger partial charge in [-0.25, -0.2) is 4.99 Å². The van der Waals surface area contributed by atoms with E-state index in [1.54, 1.807) is 12.4 Å². The van der Waals surface area contributed by atoms with Crippen molar-refractivity contribution in [2.75, 3.05) is 6.61 Å². The zero-order valence-electron chi connectivity index (χ0n) is 16.3. The summed E-state index contributed by atoms with van der Waals surface area (Å²) >= 11 is 6.14. The van der Waals surface area contributed by atoms with E-state index in [0.29, 0.717) is 24.5 Å². The fraction of sp³-hybridized carbons (Fsp3) is 0.455. The Labute approximate surface area is 174 Å². The Kier molecular flexibility index (Phi) is 4.26. The lowest BCUT2D eigenvalue weighted by molar-refractivity contribution is -0.0912. The first-order valence-electron chi connectivity index (χ1n) is 10.1. The number of aliphatic imine (C=N–C) groups is 1. The van der Waals surface area contributed by atoms with E-state index in [1.807, 2.05) is 25.1 Å². The van der Waals surface area contributed by atoms with Gasteiger partial charge in [-0.1, -0.05) is 24.6 Å². The van der Waals surface area contributed by atoms with Gasteiger partial charge in [0.25, 0.3) is 6.02 Å². The molecule has 1 fully saturated rings. The number of fused-ring (bicyclic) bond motifs is 4. The van der Waals surface area contributed by atoms with Crippen molar-refractivity contribution in [3.8, 4) is 16.9 Å². The molecule has 0 saturated heterocycles. The van der Waals surface area contributed by atoms with Crippen LogP contribution in [-0.4, -0.2) is 34.4 Å². The van der Waals surface area contributed by atoms with Gasteiger partial charge in [-0.2, -0.15) is 0 Å². The molecule has 3 N–H and O–H groups in total. The second-order valence-electron chi connectivity index (χ2n) is 8.35. The summed E-state index contributed by atoms with van der Waals surface area (Å²) in [5.74, 6) is 0.788. The van der Waals surface area contributed by atoms with Crippen LogP contribution in [0.2, 0.25) is 5.02 Å². The fourth-order valence-corrected chi connectivity index (χ4v) is 5.22. The minimum Gasteiger partial charge on any atom is -0.490 e. The molecule has 5 rings (SSSR count). The highest BCUT2D eigenvalue weighted by atomic mass is 35.5. The Bertz CT molecular complexity index is 997. The monoisotopic (exact) mass is 413 g/mol. The van der Waals surface area contributed by atoms with E-state index in [1.165, 1.54) is 0 Å². The molecule has 1 saturated carbocycles. The lowest BCUT2D eigenvalue weighted by Crippen LogP contribution is -2.54. The Morgan fingerprint density at radius 2 is 2.14 bits per heavy atom. The number of nitrogens with two attached hydrogens (primary N) is 1. The summed E-state index contributed by atoms with van der Waals surface area (Å²) in [6.45, 7) is 2.38. The number of halogens is 1. The predicted molar refractivity (Wildman–Crippen MR) is 111 cm³/mol. The average Bonchev–Trinajstić information content (AvgIpc) is 3.11. The number of benzene rings is 1. The van der Waals surface area contributed by atoms with Crippen LogP contribution in [0.5, 0.6) is 5.75 Å². The van der Waals surface area contributed by atoms with Gasteiger partial charge in [-0.05, 0) is 49.4 Å². The van der Waals surface area contributed by atoms with Gasteiger partial charge in [0.1, 0.15) is 24.0 Å². The van der Waals surface area contributed by atoms with Crippen molar-refractivity contribution in [3.05, 3.63) is 47.2 Å². The standard InChI is InChI=1S/C22H24ClN3O3/c1-2-21(27)6-5-19-17(9-21)22(12-28-20(24)26-22)16-8-13(3-4-18(16)29-19)14-7-15(23)11-25-10-14/h3-4,7-8,10-11,17,19,27H,2,5-6,9,12H2,1H3,(H2,24,26)/t17-,19-,21?,22+/m0/s1. The van der Waals surface area contributed by atoms with Crippen molar-refractivity contribution >= 4 is 17.6 Å². The van der Waals surface area contributed by atoms with Crippen molar-refractivity contribution in [1.29, 1.82) is 0 Å². The van der Waals surface area contributed by atoms with Crippen LogP contribution in [0.1, 0.15) is 38.2 Å². The van der Waals surface area contributed by atoms with Crippen LogP contribution in [0.3, 0.4) is 0 Å². The van der Waals surface area contributed by atoms with Crippen molar-refractivity contribution in [1.82, 2.24) is 4.98 Å². The van der Waals surface area contributed by atoms with E-state index in [9.17, 15) is 5.11 Å². The van der Waals surface area contributed by atoms with Gasteiger partial charge in [-0.15, -0.1) is 0 Å². The molecule has 6 nitrogen and oxygen atoms in total. The van der Waals surface area contributed by atoms with Crippen LogP contribution < -0.4 is 10.5 Å². The second-order valence-corrected chi connectivity index (χ2v) is 8.79. The minimum atomic E-state index is -0.712. The highest BCUT2D eigenvalue weighted by molar-refractivity contribution is 6.30. The van der Waals surface area contributed by atoms with Gasteiger partial charge in [-0.3, -0.25) is 4.98 Å². The molecule has 1 aromatic heterocycles. The maximum Gasteiger partial charge on any atom is 0.283 e. The SMILES string of the molecule is CCC1(O)CC[C@@H]2Oc3ccc(-c4cncc(Cl)c4)cc3[C@]3(COC(N)=N3)[C@H]2C1. The zero-order valence-corrected chi connectivity index (χ0v) is 17.0. The van der Waals surface area contributed by atoms with E-state index in [2.05, 4.69) is 11.1 Å². The number of aromatic nitrogens is 1. The van der Waals surface area contributed by atoms with Gasteiger partial charge < -0.3 is 20.3 Å². The second kappa shape index (κ2) is 6.61. The lowest BCUT2D eigenvalue weighted by Gasteiger charge is -2.50. The fourth-order valence-electron chi connectivity index (χ4n) is 5.05. The molecular weight excluding hydrogens is 390 g/mol. The van der Waals surface area contributed by atoms with Crippen LogP contribution in [0, 0.1) is 5.92 Å². The smallest absolute Gasteiger partial charge is 0.283 e. The lowest BCUT2D eigenvalue weighted by atomic mass is 9.63. The van der Waals surface area contributed by atoms with Gasteiger partial charge in [0.2, 0.25) is 0 Å². The molecule has 152 valence electrons. The molecular formula is C22H24ClN3O3. The Balaban J connectivity index is 1.65. The van der Waals surface area contributed by atoms with Gasteiger partial charge in [0.15, 0.2) is 0 Å². The molecule has 3 aliphatic rings. The average molecular weight is 414 g/mol. The number of aliphatic hydroxyl groups is 1. The maximum atomic E-state index is 11.0. The van der Waals surface area contributed by atoms with Crippen LogP contribution in [-0.2, 0) is 10.3 Å². The largest absolute Gasteiger partial charge is 0.490 e. The molecule has 1 aromatic carbocycles. The van der Waals surface area contributed by atoms with Gasteiger partial charge in [0.05, 0.1) is 10.6 Å². The number of amidine groups is 1. The van der Waals surface area contributed by atoms with Crippen molar-refractivity contribution in [2.45, 2.75) is 49.9 Å². The molecule has 3 heterocycles. The summed E-state index contributed by atoms with van der Waals surface area (Å²) in [5.41, 5.74) is 7.45.